The highest BCUT2D eigenvalue weighted by Crippen LogP contribution is 2.23. The van der Waals surface area contributed by atoms with Gasteiger partial charge in [0.1, 0.15) is 5.82 Å². The Hall–Kier alpha value is -2.83. The van der Waals surface area contributed by atoms with Gasteiger partial charge in [-0.2, -0.15) is 4.52 Å². The zero-order valence-corrected chi connectivity index (χ0v) is 14.4. The summed E-state index contributed by atoms with van der Waals surface area (Å²) >= 11 is 0. The Labute approximate surface area is 151 Å². The molecule has 0 saturated carbocycles. The second-order valence-corrected chi connectivity index (χ2v) is 6.47. The molecule has 26 heavy (non-hydrogen) atoms. The van der Waals surface area contributed by atoms with Crippen LogP contribution in [0.2, 0.25) is 0 Å². The van der Waals surface area contributed by atoms with Gasteiger partial charge in [0.15, 0.2) is 11.5 Å². The molecule has 1 saturated heterocycles. The lowest BCUT2D eigenvalue weighted by molar-refractivity contribution is 0.0328. The maximum atomic E-state index is 5.46. The highest BCUT2D eigenvalue weighted by molar-refractivity contribution is 5.91. The van der Waals surface area contributed by atoms with Gasteiger partial charge in [-0.3, -0.25) is 4.90 Å². The first kappa shape index (κ1) is 15.4. The Morgan fingerprint density at radius 2 is 1.65 bits per heavy atom. The predicted octanol–water partition coefficient (Wildman–Crippen LogP) is 2.78. The van der Waals surface area contributed by atoms with Crippen LogP contribution in [0.15, 0.2) is 54.6 Å². The molecule has 130 valence electrons. The standard InChI is InChI=1S/C20H19N5O/c1-2-6-15(7-3-1)19-22-20-16-8-4-5-9-17(16)21-18(25(20)23-19)14-24-10-12-26-13-11-24/h1-9H,10-14H2. The Morgan fingerprint density at radius 3 is 2.50 bits per heavy atom. The van der Waals surface area contributed by atoms with Crippen molar-refractivity contribution in [3.8, 4) is 11.4 Å². The maximum Gasteiger partial charge on any atom is 0.182 e. The van der Waals surface area contributed by atoms with Crippen LogP contribution in [0, 0.1) is 0 Å². The molecule has 0 spiro atoms. The summed E-state index contributed by atoms with van der Waals surface area (Å²) < 4.78 is 7.36. The van der Waals surface area contributed by atoms with Crippen LogP contribution in [0.25, 0.3) is 27.9 Å². The van der Waals surface area contributed by atoms with Crippen molar-refractivity contribution in [2.75, 3.05) is 26.3 Å². The summed E-state index contributed by atoms with van der Waals surface area (Å²) in [7, 11) is 0. The highest BCUT2D eigenvalue weighted by Gasteiger charge is 2.18. The van der Waals surface area contributed by atoms with Gasteiger partial charge in [-0.25, -0.2) is 9.97 Å². The van der Waals surface area contributed by atoms with Gasteiger partial charge in [-0.1, -0.05) is 42.5 Å². The number of para-hydroxylation sites is 1. The van der Waals surface area contributed by atoms with E-state index in [4.69, 9.17) is 19.8 Å². The molecule has 1 fully saturated rings. The van der Waals surface area contributed by atoms with Crippen LogP contribution >= 0.6 is 0 Å². The third-order valence-corrected chi connectivity index (χ3v) is 4.75. The van der Waals surface area contributed by atoms with Crippen LogP contribution in [0.1, 0.15) is 5.82 Å². The van der Waals surface area contributed by atoms with Crippen molar-refractivity contribution in [2.45, 2.75) is 6.54 Å². The lowest BCUT2D eigenvalue weighted by atomic mass is 10.2. The Balaban J connectivity index is 1.68. The number of rotatable bonds is 3. The molecule has 2 aromatic carbocycles. The third kappa shape index (κ3) is 2.73. The van der Waals surface area contributed by atoms with Crippen molar-refractivity contribution in [2.24, 2.45) is 0 Å². The van der Waals surface area contributed by atoms with E-state index >= 15 is 0 Å². The molecule has 0 atom stereocenters. The normalized spacial score (nSPS) is 15.7. The van der Waals surface area contributed by atoms with E-state index in [0.29, 0.717) is 0 Å². The average Bonchev–Trinajstić information content (AvgIpc) is 3.16. The second kappa shape index (κ2) is 6.48. The van der Waals surface area contributed by atoms with Gasteiger partial charge in [-0.15, -0.1) is 5.10 Å². The first-order valence-electron chi connectivity index (χ1n) is 8.88. The van der Waals surface area contributed by atoms with Gasteiger partial charge in [0.2, 0.25) is 0 Å². The van der Waals surface area contributed by atoms with E-state index in [0.717, 1.165) is 66.6 Å². The van der Waals surface area contributed by atoms with Gasteiger partial charge in [0.25, 0.3) is 0 Å². The molecule has 3 heterocycles. The topological polar surface area (TPSA) is 55.5 Å². The quantitative estimate of drug-likeness (QED) is 0.571. The zero-order chi connectivity index (χ0) is 17.3. The Bertz CT molecular complexity index is 1050. The first-order chi connectivity index (χ1) is 12.9. The fraction of sp³-hybridized carbons (Fsp3) is 0.250. The van der Waals surface area contributed by atoms with Crippen molar-refractivity contribution in [3.63, 3.8) is 0 Å². The molecule has 6 nitrogen and oxygen atoms in total. The van der Waals surface area contributed by atoms with Crippen molar-refractivity contribution >= 4 is 16.6 Å². The van der Waals surface area contributed by atoms with E-state index in [1.54, 1.807) is 0 Å². The van der Waals surface area contributed by atoms with Crippen LogP contribution in [0.5, 0.6) is 0 Å². The number of fused-ring (bicyclic) bond motifs is 3. The number of nitrogens with zero attached hydrogens (tertiary/aromatic N) is 5. The number of aromatic nitrogens is 4. The molecular weight excluding hydrogens is 326 g/mol. The van der Waals surface area contributed by atoms with E-state index in [1.807, 2.05) is 53.0 Å². The summed E-state index contributed by atoms with van der Waals surface area (Å²) in [5.41, 5.74) is 2.82. The van der Waals surface area contributed by atoms with Crippen molar-refractivity contribution < 1.29 is 4.74 Å². The molecule has 1 aliphatic heterocycles. The monoisotopic (exact) mass is 345 g/mol. The summed E-state index contributed by atoms with van der Waals surface area (Å²) in [4.78, 5) is 12.1. The lowest BCUT2D eigenvalue weighted by Crippen LogP contribution is -2.36. The molecule has 0 radical (unpaired) electrons. The van der Waals surface area contributed by atoms with Crippen LogP contribution < -0.4 is 0 Å². The van der Waals surface area contributed by atoms with Gasteiger partial charge < -0.3 is 4.74 Å². The Morgan fingerprint density at radius 1 is 0.885 bits per heavy atom. The summed E-state index contributed by atoms with van der Waals surface area (Å²) in [6.07, 6.45) is 0. The molecule has 0 aliphatic carbocycles. The average molecular weight is 345 g/mol. The van der Waals surface area contributed by atoms with Crippen LogP contribution in [0.3, 0.4) is 0 Å². The Kier molecular flexibility index (Phi) is 3.84. The minimum atomic E-state index is 0.729. The second-order valence-electron chi connectivity index (χ2n) is 6.47. The van der Waals surface area contributed by atoms with Crippen molar-refractivity contribution in [3.05, 3.63) is 60.4 Å². The van der Waals surface area contributed by atoms with Crippen LogP contribution in [0.4, 0.5) is 0 Å². The first-order valence-corrected chi connectivity index (χ1v) is 8.88. The van der Waals surface area contributed by atoms with Gasteiger partial charge in [0, 0.05) is 24.0 Å². The smallest absolute Gasteiger partial charge is 0.182 e. The number of morpholine rings is 1. The number of ether oxygens (including phenoxy) is 1. The van der Waals surface area contributed by atoms with E-state index in [1.165, 1.54) is 0 Å². The van der Waals surface area contributed by atoms with E-state index in [-0.39, 0.29) is 0 Å². The number of hydrogen-bond acceptors (Lipinski definition) is 5. The fourth-order valence-corrected chi connectivity index (χ4v) is 3.38. The SMILES string of the molecule is c1ccc(-c2nc3c4ccccc4nc(CN4CCOCC4)n3n2)cc1. The van der Waals surface area contributed by atoms with Crippen molar-refractivity contribution in [1.82, 2.24) is 24.5 Å². The van der Waals surface area contributed by atoms with Crippen LogP contribution in [-0.2, 0) is 11.3 Å². The molecular formula is C20H19N5O. The molecule has 0 bridgehead atoms. The molecule has 4 aromatic rings. The van der Waals surface area contributed by atoms with Crippen molar-refractivity contribution in [1.29, 1.82) is 0 Å². The molecule has 0 unspecified atom stereocenters. The third-order valence-electron chi connectivity index (χ3n) is 4.75. The van der Waals surface area contributed by atoms with E-state index in [2.05, 4.69) is 11.0 Å². The fourth-order valence-electron chi connectivity index (χ4n) is 3.38. The summed E-state index contributed by atoms with van der Waals surface area (Å²) in [6.45, 7) is 4.10. The van der Waals surface area contributed by atoms with E-state index < -0.39 is 0 Å². The lowest BCUT2D eigenvalue weighted by Gasteiger charge is -2.26. The molecule has 0 N–H and O–H groups in total. The predicted molar refractivity (Wildman–Crippen MR) is 99.8 cm³/mol. The highest BCUT2D eigenvalue weighted by atomic mass is 16.5. The zero-order valence-electron chi connectivity index (χ0n) is 14.4. The molecule has 1 aliphatic rings. The molecule has 5 rings (SSSR count). The molecule has 6 heteroatoms. The summed E-state index contributed by atoms with van der Waals surface area (Å²) in [6, 6.07) is 18.2. The largest absolute Gasteiger partial charge is 0.379 e. The van der Waals surface area contributed by atoms with Gasteiger partial charge >= 0.3 is 0 Å². The molecule has 0 amide bonds. The minimum absolute atomic E-state index is 0.729. The number of benzene rings is 2. The minimum Gasteiger partial charge on any atom is -0.379 e. The number of hydrogen-bond donors (Lipinski definition) is 0. The maximum absolute atomic E-state index is 5.46. The van der Waals surface area contributed by atoms with Gasteiger partial charge in [0.05, 0.1) is 25.3 Å². The van der Waals surface area contributed by atoms with Gasteiger partial charge in [-0.05, 0) is 12.1 Å². The summed E-state index contributed by atoms with van der Waals surface area (Å²) in [5.74, 6) is 1.64. The summed E-state index contributed by atoms with van der Waals surface area (Å²) in [5, 5.41) is 5.80. The van der Waals surface area contributed by atoms with Crippen LogP contribution in [-0.4, -0.2) is 50.8 Å². The molecule has 2 aromatic heterocycles. The van der Waals surface area contributed by atoms with E-state index in [9.17, 15) is 0 Å².